The molecule has 1 atom stereocenters. The molecule has 0 aliphatic rings. The van der Waals surface area contributed by atoms with Gasteiger partial charge in [-0.1, -0.05) is 17.7 Å². The molecular formula is C16H22N4O2. The SMILES string of the molecule is COCC(C)NC(N)=NCc1coc(-c2ccc(C)cc2)n1. The lowest BCUT2D eigenvalue weighted by Gasteiger charge is -2.12. The average Bonchev–Trinajstić information content (AvgIpc) is 2.95. The highest BCUT2D eigenvalue weighted by Gasteiger charge is 2.07. The molecule has 0 amide bonds. The van der Waals surface area contributed by atoms with E-state index in [1.807, 2.05) is 38.1 Å². The number of hydrogen-bond acceptors (Lipinski definition) is 4. The van der Waals surface area contributed by atoms with Gasteiger partial charge in [-0.2, -0.15) is 0 Å². The molecule has 3 N–H and O–H groups in total. The fourth-order valence-corrected chi connectivity index (χ4v) is 1.96. The quantitative estimate of drug-likeness (QED) is 0.630. The number of guanidine groups is 1. The van der Waals surface area contributed by atoms with E-state index in [1.165, 1.54) is 5.56 Å². The number of oxazole rings is 1. The highest BCUT2D eigenvalue weighted by atomic mass is 16.5. The molecule has 0 aliphatic heterocycles. The molecule has 0 saturated heterocycles. The summed E-state index contributed by atoms with van der Waals surface area (Å²) in [6.45, 7) is 4.95. The third-order valence-corrected chi connectivity index (χ3v) is 3.07. The van der Waals surface area contributed by atoms with Crippen molar-refractivity contribution in [1.29, 1.82) is 0 Å². The van der Waals surface area contributed by atoms with E-state index in [1.54, 1.807) is 13.4 Å². The molecule has 0 aliphatic carbocycles. The van der Waals surface area contributed by atoms with Gasteiger partial charge in [0.2, 0.25) is 5.89 Å². The Labute approximate surface area is 130 Å². The Morgan fingerprint density at radius 3 is 2.82 bits per heavy atom. The molecule has 0 fully saturated rings. The summed E-state index contributed by atoms with van der Waals surface area (Å²) in [7, 11) is 1.65. The first-order valence-electron chi connectivity index (χ1n) is 7.15. The molecular weight excluding hydrogens is 280 g/mol. The van der Waals surface area contributed by atoms with Gasteiger partial charge in [-0.05, 0) is 26.0 Å². The Morgan fingerprint density at radius 1 is 1.41 bits per heavy atom. The van der Waals surface area contributed by atoms with Crippen molar-refractivity contribution in [1.82, 2.24) is 10.3 Å². The minimum atomic E-state index is 0.106. The number of benzene rings is 1. The van der Waals surface area contributed by atoms with Gasteiger partial charge < -0.3 is 20.2 Å². The maximum atomic E-state index is 5.81. The number of nitrogens with two attached hydrogens (primary N) is 1. The summed E-state index contributed by atoms with van der Waals surface area (Å²) in [6, 6.07) is 8.12. The smallest absolute Gasteiger partial charge is 0.226 e. The van der Waals surface area contributed by atoms with E-state index in [0.29, 0.717) is 25.0 Å². The van der Waals surface area contributed by atoms with Crippen molar-refractivity contribution in [2.45, 2.75) is 26.4 Å². The standard InChI is InChI=1S/C16H22N4O2/c1-11-4-6-13(7-5-11)15-20-14(10-22-15)8-18-16(17)19-12(2)9-21-3/h4-7,10,12H,8-9H2,1-3H3,(H3,17,18,19). The average molecular weight is 302 g/mol. The first-order chi connectivity index (χ1) is 10.6. The molecule has 0 radical (unpaired) electrons. The van der Waals surface area contributed by atoms with Crippen molar-refractivity contribution in [3.63, 3.8) is 0 Å². The molecule has 118 valence electrons. The van der Waals surface area contributed by atoms with E-state index in [2.05, 4.69) is 15.3 Å². The molecule has 22 heavy (non-hydrogen) atoms. The van der Waals surface area contributed by atoms with Crippen LogP contribution in [-0.4, -0.2) is 30.7 Å². The minimum Gasteiger partial charge on any atom is -0.444 e. The maximum Gasteiger partial charge on any atom is 0.226 e. The molecule has 0 bridgehead atoms. The van der Waals surface area contributed by atoms with Crippen molar-refractivity contribution in [2.24, 2.45) is 10.7 Å². The van der Waals surface area contributed by atoms with Gasteiger partial charge in [0.25, 0.3) is 0 Å². The fraction of sp³-hybridized carbons (Fsp3) is 0.375. The third-order valence-electron chi connectivity index (χ3n) is 3.07. The third kappa shape index (κ3) is 4.60. The fourth-order valence-electron chi connectivity index (χ4n) is 1.96. The summed E-state index contributed by atoms with van der Waals surface area (Å²) in [4.78, 5) is 8.66. The van der Waals surface area contributed by atoms with Gasteiger partial charge in [-0.25, -0.2) is 9.98 Å². The zero-order chi connectivity index (χ0) is 15.9. The number of aryl methyl sites for hydroxylation is 1. The van der Waals surface area contributed by atoms with Crippen LogP contribution < -0.4 is 11.1 Å². The number of hydrogen-bond donors (Lipinski definition) is 2. The largest absolute Gasteiger partial charge is 0.444 e. The van der Waals surface area contributed by atoms with Crippen molar-refractivity contribution in [2.75, 3.05) is 13.7 Å². The zero-order valence-corrected chi connectivity index (χ0v) is 13.2. The first kappa shape index (κ1) is 16.0. The van der Waals surface area contributed by atoms with Gasteiger partial charge in [0, 0.05) is 18.7 Å². The van der Waals surface area contributed by atoms with Crippen LogP contribution in [0.4, 0.5) is 0 Å². The topological polar surface area (TPSA) is 85.7 Å². The highest BCUT2D eigenvalue weighted by molar-refractivity contribution is 5.78. The Morgan fingerprint density at radius 2 is 2.14 bits per heavy atom. The summed E-state index contributed by atoms with van der Waals surface area (Å²) < 4.78 is 10.5. The Hall–Kier alpha value is -2.34. The molecule has 0 saturated carbocycles. The van der Waals surface area contributed by atoms with Gasteiger partial charge in [0.05, 0.1) is 13.2 Å². The van der Waals surface area contributed by atoms with Gasteiger partial charge >= 0.3 is 0 Å². The molecule has 2 aromatic rings. The summed E-state index contributed by atoms with van der Waals surface area (Å²) in [5.74, 6) is 0.953. The van der Waals surface area contributed by atoms with Crippen LogP contribution in [0.5, 0.6) is 0 Å². The van der Waals surface area contributed by atoms with Crippen LogP contribution in [-0.2, 0) is 11.3 Å². The first-order valence-corrected chi connectivity index (χ1v) is 7.15. The number of ether oxygens (including phenoxy) is 1. The molecule has 6 nitrogen and oxygen atoms in total. The second-order valence-corrected chi connectivity index (χ2v) is 5.21. The van der Waals surface area contributed by atoms with Crippen molar-refractivity contribution < 1.29 is 9.15 Å². The number of rotatable bonds is 6. The zero-order valence-electron chi connectivity index (χ0n) is 13.2. The number of aliphatic imine (C=N–C) groups is 1. The van der Waals surface area contributed by atoms with Gasteiger partial charge in [-0.3, -0.25) is 0 Å². The van der Waals surface area contributed by atoms with E-state index in [0.717, 1.165) is 11.3 Å². The van der Waals surface area contributed by atoms with Crippen molar-refractivity contribution in [3.05, 3.63) is 41.8 Å². The number of nitrogens with zero attached hydrogens (tertiary/aromatic N) is 2. The number of aromatic nitrogens is 1. The minimum absolute atomic E-state index is 0.106. The van der Waals surface area contributed by atoms with E-state index in [4.69, 9.17) is 14.9 Å². The van der Waals surface area contributed by atoms with E-state index in [-0.39, 0.29) is 6.04 Å². The highest BCUT2D eigenvalue weighted by Crippen LogP contribution is 2.19. The molecule has 2 rings (SSSR count). The lowest BCUT2D eigenvalue weighted by molar-refractivity contribution is 0.179. The molecule has 1 aromatic heterocycles. The van der Waals surface area contributed by atoms with Gasteiger partial charge in [0.1, 0.15) is 12.0 Å². The van der Waals surface area contributed by atoms with E-state index < -0.39 is 0 Å². The normalized spacial score (nSPS) is 13.1. The number of nitrogens with one attached hydrogen (secondary N) is 1. The summed E-state index contributed by atoms with van der Waals surface area (Å²) in [5.41, 5.74) is 8.69. The summed E-state index contributed by atoms with van der Waals surface area (Å²) >= 11 is 0. The predicted octanol–water partition coefficient (Wildman–Crippen LogP) is 2.09. The number of methoxy groups -OCH3 is 1. The van der Waals surface area contributed by atoms with Crippen LogP contribution in [0.25, 0.3) is 11.5 Å². The monoisotopic (exact) mass is 302 g/mol. The van der Waals surface area contributed by atoms with Crippen molar-refractivity contribution >= 4 is 5.96 Å². The van der Waals surface area contributed by atoms with Crippen LogP contribution in [0.2, 0.25) is 0 Å². The maximum absolute atomic E-state index is 5.81. The molecule has 1 unspecified atom stereocenters. The van der Waals surface area contributed by atoms with Gasteiger partial charge in [-0.15, -0.1) is 0 Å². The van der Waals surface area contributed by atoms with Crippen LogP contribution in [0.15, 0.2) is 39.9 Å². The Balaban J connectivity index is 1.96. The Bertz CT molecular complexity index is 619. The molecule has 1 aromatic carbocycles. The van der Waals surface area contributed by atoms with E-state index in [9.17, 15) is 0 Å². The van der Waals surface area contributed by atoms with Crippen LogP contribution in [0.1, 0.15) is 18.2 Å². The predicted molar refractivity (Wildman–Crippen MR) is 86.5 cm³/mol. The van der Waals surface area contributed by atoms with Crippen molar-refractivity contribution in [3.8, 4) is 11.5 Å². The summed E-state index contributed by atoms with van der Waals surface area (Å²) in [6.07, 6.45) is 1.60. The molecule has 6 heteroatoms. The second kappa shape index (κ2) is 7.61. The van der Waals surface area contributed by atoms with E-state index >= 15 is 0 Å². The van der Waals surface area contributed by atoms with Crippen LogP contribution >= 0.6 is 0 Å². The lowest BCUT2D eigenvalue weighted by atomic mass is 10.1. The Kier molecular flexibility index (Phi) is 5.55. The van der Waals surface area contributed by atoms with Gasteiger partial charge in [0.15, 0.2) is 5.96 Å². The molecule has 1 heterocycles. The second-order valence-electron chi connectivity index (χ2n) is 5.21. The summed E-state index contributed by atoms with van der Waals surface area (Å²) in [5, 5.41) is 3.04. The van der Waals surface area contributed by atoms with Crippen LogP contribution in [0.3, 0.4) is 0 Å². The molecule has 0 spiro atoms. The van der Waals surface area contributed by atoms with Crippen LogP contribution in [0, 0.1) is 6.92 Å². The lowest BCUT2D eigenvalue weighted by Crippen LogP contribution is -2.40.